The Balaban J connectivity index is 1.24. The van der Waals surface area contributed by atoms with E-state index in [1.165, 1.54) is 0 Å². The molecule has 160 valence electrons. The fourth-order valence-corrected chi connectivity index (χ4v) is 6.07. The highest BCUT2D eigenvalue weighted by molar-refractivity contribution is 7.99. The third-order valence-electron chi connectivity index (χ3n) is 5.10. The normalized spacial score (nSPS) is 20.6. The molecule has 2 aromatic rings. The lowest BCUT2D eigenvalue weighted by Gasteiger charge is -2.16. The van der Waals surface area contributed by atoms with Crippen LogP contribution >= 0.6 is 11.8 Å². The number of aromatic nitrogens is 2. The maximum atomic E-state index is 12.2. The van der Waals surface area contributed by atoms with Gasteiger partial charge in [-0.15, -0.1) is 10.2 Å². The Morgan fingerprint density at radius 2 is 2.07 bits per heavy atom. The molecule has 0 saturated carbocycles. The monoisotopic (exact) mass is 450 g/mol. The van der Waals surface area contributed by atoms with Gasteiger partial charge in [0.25, 0.3) is 5.22 Å². The Kier molecular flexibility index (Phi) is 6.09. The summed E-state index contributed by atoms with van der Waals surface area (Å²) < 4.78 is 28.6. The summed E-state index contributed by atoms with van der Waals surface area (Å²) in [5.74, 6) is 0.783. The van der Waals surface area contributed by atoms with Gasteiger partial charge >= 0.3 is 0 Å². The van der Waals surface area contributed by atoms with Crippen LogP contribution in [-0.4, -0.2) is 54.2 Å². The van der Waals surface area contributed by atoms with Crippen molar-refractivity contribution in [3.8, 4) is 0 Å². The summed E-state index contributed by atoms with van der Waals surface area (Å²) >= 11 is 1.13. The second kappa shape index (κ2) is 8.76. The zero-order valence-electron chi connectivity index (χ0n) is 16.2. The average molecular weight is 451 g/mol. The first-order chi connectivity index (χ1) is 14.4. The molecule has 4 rings (SSSR count). The molecule has 0 spiro atoms. The third-order valence-corrected chi connectivity index (χ3v) is 7.76. The maximum absolute atomic E-state index is 12.2. The number of hydrogen-bond donors (Lipinski definition) is 1. The molecule has 1 unspecified atom stereocenters. The number of anilines is 2. The highest BCUT2D eigenvalue weighted by Crippen LogP contribution is 2.25. The molecule has 2 fully saturated rings. The van der Waals surface area contributed by atoms with Crippen molar-refractivity contribution in [1.29, 1.82) is 0 Å². The topological polar surface area (TPSA) is 122 Å². The summed E-state index contributed by atoms with van der Waals surface area (Å²) in [6.07, 6.45) is 2.49. The molecular formula is C19H22N4O5S2. The molecule has 11 heteroatoms. The molecule has 0 aliphatic carbocycles. The van der Waals surface area contributed by atoms with E-state index in [-0.39, 0.29) is 40.2 Å². The first-order valence-corrected chi connectivity index (χ1v) is 12.5. The van der Waals surface area contributed by atoms with Crippen LogP contribution in [0.25, 0.3) is 0 Å². The van der Waals surface area contributed by atoms with Crippen LogP contribution in [0, 0.1) is 5.92 Å². The van der Waals surface area contributed by atoms with Gasteiger partial charge in [-0.1, -0.05) is 11.8 Å². The number of rotatable bonds is 7. The summed E-state index contributed by atoms with van der Waals surface area (Å²) in [7, 11) is -2.94. The van der Waals surface area contributed by atoms with Crippen molar-refractivity contribution >= 4 is 44.8 Å². The standard InChI is InChI=1S/C19H22N4O5S2/c24-16(20-14-3-5-15(6-4-14)23-8-1-2-18(23)25)11-29-19-22-21-17(28-19)10-13-7-9-30(26,27)12-13/h3-6,13H,1-2,7-12H2,(H,20,24). The Hall–Kier alpha value is -2.40. The van der Waals surface area contributed by atoms with Gasteiger partial charge in [0.05, 0.1) is 17.3 Å². The van der Waals surface area contributed by atoms with Crippen LogP contribution < -0.4 is 10.2 Å². The summed E-state index contributed by atoms with van der Waals surface area (Å²) in [5.41, 5.74) is 1.47. The molecule has 1 atom stereocenters. The van der Waals surface area contributed by atoms with Crippen LogP contribution in [0.2, 0.25) is 0 Å². The second-order valence-corrected chi connectivity index (χ2v) is 10.6. The largest absolute Gasteiger partial charge is 0.416 e. The van der Waals surface area contributed by atoms with Crippen LogP contribution in [0.15, 0.2) is 33.9 Å². The number of carbonyl (C=O) groups excluding carboxylic acids is 2. The van der Waals surface area contributed by atoms with E-state index in [0.29, 0.717) is 30.8 Å². The highest BCUT2D eigenvalue weighted by Gasteiger charge is 2.29. The van der Waals surface area contributed by atoms with Gasteiger partial charge in [0.1, 0.15) is 0 Å². The first-order valence-electron chi connectivity index (χ1n) is 9.74. The molecule has 2 aliphatic heterocycles. The molecule has 0 radical (unpaired) electrons. The number of nitrogens with zero attached hydrogens (tertiary/aromatic N) is 3. The Bertz CT molecular complexity index is 1040. The number of benzene rings is 1. The maximum Gasteiger partial charge on any atom is 0.277 e. The molecule has 9 nitrogen and oxygen atoms in total. The summed E-state index contributed by atoms with van der Waals surface area (Å²) in [6, 6.07) is 7.17. The molecule has 30 heavy (non-hydrogen) atoms. The predicted molar refractivity (Wildman–Crippen MR) is 112 cm³/mol. The molecule has 1 aromatic heterocycles. The van der Waals surface area contributed by atoms with E-state index in [1.807, 2.05) is 12.1 Å². The quantitative estimate of drug-likeness (QED) is 0.635. The van der Waals surface area contributed by atoms with Crippen molar-refractivity contribution in [1.82, 2.24) is 10.2 Å². The van der Waals surface area contributed by atoms with Crippen molar-refractivity contribution in [3.63, 3.8) is 0 Å². The number of sulfone groups is 1. The van der Waals surface area contributed by atoms with Crippen molar-refractivity contribution in [3.05, 3.63) is 30.2 Å². The van der Waals surface area contributed by atoms with Gasteiger partial charge < -0.3 is 14.6 Å². The van der Waals surface area contributed by atoms with Gasteiger partial charge in [-0.2, -0.15) is 0 Å². The van der Waals surface area contributed by atoms with Crippen molar-refractivity contribution in [2.24, 2.45) is 5.92 Å². The summed E-state index contributed by atoms with van der Waals surface area (Å²) in [5, 5.41) is 10.9. The summed E-state index contributed by atoms with van der Waals surface area (Å²) in [6.45, 7) is 0.726. The molecule has 2 aliphatic rings. The van der Waals surface area contributed by atoms with E-state index in [2.05, 4.69) is 15.5 Å². The van der Waals surface area contributed by atoms with Crippen molar-refractivity contribution < 1.29 is 22.4 Å². The molecular weight excluding hydrogens is 428 g/mol. The van der Waals surface area contributed by atoms with Crippen molar-refractivity contribution in [2.75, 3.05) is 34.0 Å². The van der Waals surface area contributed by atoms with Gasteiger partial charge in [0, 0.05) is 30.8 Å². The Morgan fingerprint density at radius 3 is 2.73 bits per heavy atom. The van der Waals surface area contributed by atoms with Gasteiger partial charge in [0.2, 0.25) is 17.7 Å². The smallest absolute Gasteiger partial charge is 0.277 e. The SMILES string of the molecule is O=C(CSc1nnc(CC2CCS(=O)(=O)C2)o1)Nc1ccc(N2CCCC2=O)cc1. The van der Waals surface area contributed by atoms with Crippen LogP contribution in [-0.2, 0) is 25.8 Å². The zero-order valence-corrected chi connectivity index (χ0v) is 17.9. The number of thioether (sulfide) groups is 1. The van der Waals surface area contributed by atoms with E-state index in [4.69, 9.17) is 4.42 Å². The van der Waals surface area contributed by atoms with E-state index >= 15 is 0 Å². The van der Waals surface area contributed by atoms with Gasteiger partial charge in [-0.05, 0) is 43.0 Å². The Labute approximate surface area is 178 Å². The minimum absolute atomic E-state index is 0.00965. The lowest BCUT2D eigenvalue weighted by molar-refractivity contribution is -0.117. The number of nitrogens with one attached hydrogen (secondary N) is 1. The van der Waals surface area contributed by atoms with E-state index in [9.17, 15) is 18.0 Å². The first kappa shape index (κ1) is 20.9. The van der Waals surface area contributed by atoms with E-state index in [1.54, 1.807) is 17.0 Å². The minimum Gasteiger partial charge on any atom is -0.416 e. The fraction of sp³-hybridized carbons (Fsp3) is 0.474. The van der Waals surface area contributed by atoms with E-state index < -0.39 is 9.84 Å². The zero-order chi connectivity index (χ0) is 21.1. The molecule has 1 N–H and O–H groups in total. The summed E-state index contributed by atoms with van der Waals surface area (Å²) in [4.78, 5) is 25.7. The Morgan fingerprint density at radius 1 is 1.27 bits per heavy atom. The minimum atomic E-state index is -2.94. The van der Waals surface area contributed by atoms with Crippen LogP contribution in [0.4, 0.5) is 11.4 Å². The molecule has 2 amide bonds. The van der Waals surface area contributed by atoms with Gasteiger partial charge in [-0.25, -0.2) is 8.42 Å². The molecule has 2 saturated heterocycles. The van der Waals surface area contributed by atoms with Gasteiger partial charge in [0.15, 0.2) is 9.84 Å². The average Bonchev–Trinajstić information content (AvgIpc) is 3.42. The third kappa shape index (κ3) is 5.20. The van der Waals surface area contributed by atoms with Gasteiger partial charge in [-0.3, -0.25) is 9.59 Å². The molecule has 3 heterocycles. The van der Waals surface area contributed by atoms with Crippen LogP contribution in [0.3, 0.4) is 0 Å². The number of hydrogen-bond acceptors (Lipinski definition) is 8. The lowest BCUT2D eigenvalue weighted by Crippen LogP contribution is -2.23. The van der Waals surface area contributed by atoms with Crippen LogP contribution in [0.5, 0.6) is 0 Å². The van der Waals surface area contributed by atoms with Crippen molar-refractivity contribution in [2.45, 2.75) is 30.9 Å². The fourth-order valence-electron chi connectivity index (χ4n) is 3.63. The van der Waals surface area contributed by atoms with E-state index in [0.717, 1.165) is 30.4 Å². The molecule has 1 aromatic carbocycles. The van der Waals surface area contributed by atoms with Crippen LogP contribution in [0.1, 0.15) is 25.2 Å². The number of amides is 2. The highest BCUT2D eigenvalue weighted by atomic mass is 32.2. The lowest BCUT2D eigenvalue weighted by atomic mass is 10.1. The predicted octanol–water partition coefficient (Wildman–Crippen LogP) is 1.90. The second-order valence-electron chi connectivity index (χ2n) is 7.47. The molecule has 0 bridgehead atoms. The number of carbonyl (C=O) groups is 2.